The highest BCUT2D eigenvalue weighted by Gasteiger charge is 2.07. The summed E-state index contributed by atoms with van der Waals surface area (Å²) in [6.07, 6.45) is 10.1. The maximum Gasteiger partial charge on any atom is 0.188 e. The number of fused-ring (bicyclic) bond motifs is 1. The first kappa shape index (κ1) is 10.9. The molecule has 1 heterocycles. The van der Waals surface area contributed by atoms with E-state index < -0.39 is 0 Å². The minimum Gasteiger partial charge on any atom is -0.289 e. The van der Waals surface area contributed by atoms with Gasteiger partial charge in [-0.05, 0) is 18.4 Å². The summed E-state index contributed by atoms with van der Waals surface area (Å²) >= 11 is 0. The van der Waals surface area contributed by atoms with Crippen LogP contribution in [-0.2, 0) is 0 Å². The zero-order valence-electron chi connectivity index (χ0n) is 9.97. The molecule has 1 aromatic heterocycles. The molecule has 0 saturated heterocycles. The van der Waals surface area contributed by atoms with Crippen molar-refractivity contribution in [2.45, 2.75) is 12.8 Å². The van der Waals surface area contributed by atoms with E-state index in [4.69, 9.17) is 0 Å². The Morgan fingerprint density at radius 3 is 2.61 bits per heavy atom. The Hall–Kier alpha value is -2.22. The molecule has 88 valence electrons. The van der Waals surface area contributed by atoms with Crippen LogP contribution in [0.2, 0.25) is 0 Å². The largest absolute Gasteiger partial charge is 0.289 e. The first-order valence-corrected chi connectivity index (χ1v) is 6.11. The van der Waals surface area contributed by atoms with Crippen molar-refractivity contribution in [3.05, 3.63) is 70.7 Å². The van der Waals surface area contributed by atoms with Gasteiger partial charge in [0.2, 0.25) is 0 Å². The van der Waals surface area contributed by atoms with Crippen molar-refractivity contribution < 1.29 is 0 Å². The van der Waals surface area contributed by atoms with Crippen LogP contribution in [-0.4, -0.2) is 4.98 Å². The molecule has 0 radical (unpaired) electrons. The van der Waals surface area contributed by atoms with Crippen LogP contribution in [0.4, 0.5) is 0 Å². The average Bonchev–Trinajstić information content (AvgIpc) is 2.60. The first-order valence-electron chi connectivity index (χ1n) is 6.11. The predicted octanol–water partition coefficient (Wildman–Crippen LogP) is 3.33. The summed E-state index contributed by atoms with van der Waals surface area (Å²) in [6.45, 7) is 0. The van der Waals surface area contributed by atoms with Crippen LogP contribution in [0.15, 0.2) is 59.6 Å². The SMILES string of the molecule is O=c1ccnc(C2=CCCC=C2)c2ccccc12. The average molecular weight is 235 g/mol. The van der Waals surface area contributed by atoms with Gasteiger partial charge in [0.25, 0.3) is 0 Å². The molecule has 2 aromatic rings. The molecule has 0 spiro atoms. The summed E-state index contributed by atoms with van der Waals surface area (Å²) in [5, 5.41) is 1.65. The zero-order valence-corrected chi connectivity index (χ0v) is 9.97. The van der Waals surface area contributed by atoms with E-state index in [1.165, 1.54) is 6.07 Å². The number of rotatable bonds is 1. The third-order valence-electron chi connectivity index (χ3n) is 3.15. The van der Waals surface area contributed by atoms with Gasteiger partial charge in [0.15, 0.2) is 5.43 Å². The van der Waals surface area contributed by atoms with Crippen molar-refractivity contribution in [3.8, 4) is 0 Å². The molecule has 0 saturated carbocycles. The highest BCUT2D eigenvalue weighted by atomic mass is 16.1. The van der Waals surface area contributed by atoms with Crippen LogP contribution >= 0.6 is 0 Å². The Morgan fingerprint density at radius 1 is 1.00 bits per heavy atom. The zero-order chi connectivity index (χ0) is 12.4. The molecule has 1 aliphatic carbocycles. The van der Waals surface area contributed by atoms with Crippen molar-refractivity contribution in [2.75, 3.05) is 0 Å². The summed E-state index contributed by atoms with van der Waals surface area (Å²) in [7, 11) is 0. The standard InChI is InChI=1S/C16H13NO/c18-15-10-11-17-16(12-6-2-1-3-7-12)14-9-5-4-8-13(14)15/h2,4-11H,1,3H2. The van der Waals surface area contributed by atoms with Crippen LogP contribution in [0, 0.1) is 0 Å². The summed E-state index contributed by atoms with van der Waals surface area (Å²) < 4.78 is 0. The predicted molar refractivity (Wildman–Crippen MR) is 74.4 cm³/mol. The van der Waals surface area contributed by atoms with Gasteiger partial charge >= 0.3 is 0 Å². The monoisotopic (exact) mass is 235 g/mol. The van der Waals surface area contributed by atoms with Crippen molar-refractivity contribution >= 4 is 16.3 Å². The Bertz CT molecular complexity index is 714. The Morgan fingerprint density at radius 2 is 1.83 bits per heavy atom. The molecule has 1 aliphatic rings. The number of nitrogens with zero attached hydrogens (tertiary/aromatic N) is 1. The molecule has 0 aliphatic heterocycles. The molecule has 0 atom stereocenters. The minimum atomic E-state index is 0.0183. The molecule has 0 unspecified atom stereocenters. The second kappa shape index (κ2) is 4.57. The topological polar surface area (TPSA) is 30.0 Å². The van der Waals surface area contributed by atoms with Crippen molar-refractivity contribution in [1.29, 1.82) is 0 Å². The molecule has 0 fully saturated rings. The first-order chi connectivity index (χ1) is 8.86. The third-order valence-corrected chi connectivity index (χ3v) is 3.15. The highest BCUT2D eigenvalue weighted by Crippen LogP contribution is 2.24. The van der Waals surface area contributed by atoms with Crippen LogP contribution in [0.1, 0.15) is 18.5 Å². The fraction of sp³-hybridized carbons (Fsp3) is 0.125. The number of hydrogen-bond acceptors (Lipinski definition) is 2. The van der Waals surface area contributed by atoms with Gasteiger partial charge in [-0.15, -0.1) is 0 Å². The van der Waals surface area contributed by atoms with E-state index >= 15 is 0 Å². The summed E-state index contributed by atoms with van der Waals surface area (Å²) in [6, 6.07) is 9.18. The molecule has 2 heteroatoms. The maximum atomic E-state index is 11.9. The fourth-order valence-electron chi connectivity index (χ4n) is 2.26. The van der Waals surface area contributed by atoms with Gasteiger partial charge in [-0.2, -0.15) is 0 Å². The quantitative estimate of drug-likeness (QED) is 0.758. The molecular formula is C16H13NO. The molecular weight excluding hydrogens is 222 g/mol. The maximum absolute atomic E-state index is 11.9. The lowest BCUT2D eigenvalue weighted by atomic mass is 10.0. The van der Waals surface area contributed by atoms with Gasteiger partial charge in [-0.3, -0.25) is 9.78 Å². The van der Waals surface area contributed by atoms with Crippen LogP contribution in [0.25, 0.3) is 16.3 Å². The van der Waals surface area contributed by atoms with E-state index in [9.17, 15) is 4.79 Å². The summed E-state index contributed by atoms with van der Waals surface area (Å²) in [5.41, 5.74) is 2.02. The lowest BCUT2D eigenvalue weighted by Gasteiger charge is -2.06. The molecule has 0 N–H and O–H groups in total. The van der Waals surface area contributed by atoms with Crippen LogP contribution < -0.4 is 5.43 Å². The van der Waals surface area contributed by atoms with Crippen molar-refractivity contribution in [1.82, 2.24) is 4.98 Å². The second-order valence-electron chi connectivity index (χ2n) is 4.34. The third kappa shape index (κ3) is 1.86. The van der Waals surface area contributed by atoms with Crippen molar-refractivity contribution in [3.63, 3.8) is 0 Å². The molecule has 0 amide bonds. The van der Waals surface area contributed by atoms with Gasteiger partial charge in [-0.25, -0.2) is 0 Å². The molecule has 3 rings (SSSR count). The van der Waals surface area contributed by atoms with Gasteiger partial charge in [0, 0.05) is 23.0 Å². The van der Waals surface area contributed by atoms with Gasteiger partial charge in [0.05, 0.1) is 5.69 Å². The normalized spacial score (nSPS) is 14.6. The van der Waals surface area contributed by atoms with E-state index in [1.807, 2.05) is 24.3 Å². The number of aromatic nitrogens is 1. The molecule has 0 bridgehead atoms. The highest BCUT2D eigenvalue weighted by molar-refractivity contribution is 5.93. The van der Waals surface area contributed by atoms with E-state index in [-0.39, 0.29) is 5.43 Å². The summed E-state index contributed by atoms with van der Waals surface area (Å²) in [4.78, 5) is 16.4. The smallest absolute Gasteiger partial charge is 0.188 e. The van der Waals surface area contributed by atoms with E-state index in [1.54, 1.807) is 6.20 Å². The fourth-order valence-corrected chi connectivity index (χ4v) is 2.26. The van der Waals surface area contributed by atoms with E-state index in [2.05, 4.69) is 23.2 Å². The second-order valence-corrected chi connectivity index (χ2v) is 4.34. The van der Waals surface area contributed by atoms with Crippen LogP contribution in [0.5, 0.6) is 0 Å². The lowest BCUT2D eigenvalue weighted by molar-refractivity contribution is 1.04. The molecule has 1 aromatic carbocycles. The van der Waals surface area contributed by atoms with E-state index in [0.717, 1.165) is 34.9 Å². The lowest BCUT2D eigenvalue weighted by Crippen LogP contribution is -1.95. The number of allylic oxidation sites excluding steroid dienone is 4. The molecule has 18 heavy (non-hydrogen) atoms. The van der Waals surface area contributed by atoms with Crippen LogP contribution in [0.3, 0.4) is 0 Å². The van der Waals surface area contributed by atoms with Crippen molar-refractivity contribution in [2.24, 2.45) is 0 Å². The van der Waals surface area contributed by atoms with E-state index in [0.29, 0.717) is 0 Å². The Kier molecular flexibility index (Phi) is 2.77. The Balaban J connectivity index is 2.37. The van der Waals surface area contributed by atoms with Gasteiger partial charge in [0.1, 0.15) is 0 Å². The Labute approximate surface area is 105 Å². The number of hydrogen-bond donors (Lipinski definition) is 0. The summed E-state index contributed by atoms with van der Waals surface area (Å²) in [5.74, 6) is 0. The van der Waals surface area contributed by atoms with Gasteiger partial charge in [-0.1, -0.05) is 42.5 Å². The number of benzene rings is 1. The molecule has 2 nitrogen and oxygen atoms in total. The minimum absolute atomic E-state index is 0.0183. The van der Waals surface area contributed by atoms with Gasteiger partial charge < -0.3 is 0 Å².